The molecule has 3 nitrogen and oxygen atoms in total. The fourth-order valence-electron chi connectivity index (χ4n) is 2.87. The molecule has 2 aromatic carbocycles. The summed E-state index contributed by atoms with van der Waals surface area (Å²) < 4.78 is 5.51. The van der Waals surface area contributed by atoms with Crippen LogP contribution in [0.15, 0.2) is 54.6 Å². The molecule has 3 rings (SSSR count). The van der Waals surface area contributed by atoms with Gasteiger partial charge in [-0.05, 0) is 18.6 Å². The van der Waals surface area contributed by atoms with E-state index in [0.717, 1.165) is 11.1 Å². The van der Waals surface area contributed by atoms with E-state index in [1.54, 1.807) is 0 Å². The highest BCUT2D eigenvalue weighted by Gasteiger charge is 2.46. The van der Waals surface area contributed by atoms with Crippen molar-refractivity contribution in [1.29, 1.82) is 10.7 Å². The predicted octanol–water partition coefficient (Wildman–Crippen LogP) is 3.50. The quantitative estimate of drug-likeness (QED) is 0.855. The van der Waals surface area contributed by atoms with Crippen LogP contribution in [0.3, 0.4) is 0 Å². The molecule has 1 N–H and O–H groups in total. The average Bonchev–Trinajstić information content (AvgIpc) is 2.48. The third-order valence-electron chi connectivity index (χ3n) is 4.01. The summed E-state index contributed by atoms with van der Waals surface area (Å²) in [6.07, 6.45) is 0. The van der Waals surface area contributed by atoms with Crippen molar-refractivity contribution in [2.45, 2.75) is 12.3 Å². The molecule has 1 aliphatic heterocycles. The SMILES string of the molecule is CC1(c2ccccc2)c2ccccc2OC(=N)C1C#N. The van der Waals surface area contributed by atoms with Gasteiger partial charge in [-0.15, -0.1) is 0 Å². The Morgan fingerprint density at radius 3 is 2.45 bits per heavy atom. The van der Waals surface area contributed by atoms with Gasteiger partial charge in [0.25, 0.3) is 0 Å². The molecule has 0 bridgehead atoms. The molecule has 0 aliphatic carbocycles. The number of nitrogens with zero attached hydrogens (tertiary/aromatic N) is 1. The van der Waals surface area contributed by atoms with E-state index in [9.17, 15) is 5.26 Å². The number of fused-ring (bicyclic) bond motifs is 1. The second-order valence-corrected chi connectivity index (χ2v) is 5.09. The molecule has 0 amide bonds. The van der Waals surface area contributed by atoms with E-state index >= 15 is 0 Å². The molecule has 1 heterocycles. The Labute approximate surface area is 117 Å². The van der Waals surface area contributed by atoms with Gasteiger partial charge < -0.3 is 4.74 Å². The van der Waals surface area contributed by atoms with Crippen LogP contribution >= 0.6 is 0 Å². The summed E-state index contributed by atoms with van der Waals surface area (Å²) in [4.78, 5) is 0. The van der Waals surface area contributed by atoms with Crippen LogP contribution in [0, 0.1) is 22.7 Å². The van der Waals surface area contributed by atoms with Crippen LogP contribution in [-0.4, -0.2) is 5.90 Å². The highest BCUT2D eigenvalue weighted by Crippen LogP contribution is 2.46. The lowest BCUT2D eigenvalue weighted by Crippen LogP contribution is -2.43. The maximum absolute atomic E-state index is 9.51. The van der Waals surface area contributed by atoms with Gasteiger partial charge in [0.2, 0.25) is 5.90 Å². The maximum atomic E-state index is 9.51. The van der Waals surface area contributed by atoms with Gasteiger partial charge in [0, 0.05) is 11.0 Å². The van der Waals surface area contributed by atoms with Crippen molar-refractivity contribution in [3.05, 3.63) is 65.7 Å². The number of nitriles is 1. The highest BCUT2D eigenvalue weighted by molar-refractivity contribution is 5.86. The van der Waals surface area contributed by atoms with E-state index in [2.05, 4.69) is 6.07 Å². The largest absolute Gasteiger partial charge is 0.442 e. The molecule has 0 saturated carbocycles. The average molecular weight is 262 g/mol. The smallest absolute Gasteiger partial charge is 0.206 e. The number of hydrogen-bond acceptors (Lipinski definition) is 3. The summed E-state index contributed by atoms with van der Waals surface area (Å²) in [5.41, 5.74) is 1.41. The van der Waals surface area contributed by atoms with Crippen molar-refractivity contribution < 1.29 is 4.74 Å². The zero-order valence-corrected chi connectivity index (χ0v) is 11.1. The highest BCUT2D eigenvalue weighted by atomic mass is 16.5. The van der Waals surface area contributed by atoms with Crippen LogP contribution in [0.1, 0.15) is 18.1 Å². The predicted molar refractivity (Wildman–Crippen MR) is 76.8 cm³/mol. The van der Waals surface area contributed by atoms with Gasteiger partial charge in [0.15, 0.2) is 0 Å². The van der Waals surface area contributed by atoms with Crippen molar-refractivity contribution in [2.75, 3.05) is 0 Å². The van der Waals surface area contributed by atoms with Gasteiger partial charge in [0.05, 0.1) is 6.07 Å². The van der Waals surface area contributed by atoms with Crippen LogP contribution in [0.2, 0.25) is 0 Å². The lowest BCUT2D eigenvalue weighted by atomic mass is 9.66. The molecule has 0 saturated heterocycles. The summed E-state index contributed by atoms with van der Waals surface area (Å²) >= 11 is 0. The summed E-state index contributed by atoms with van der Waals surface area (Å²) in [6, 6.07) is 19.7. The van der Waals surface area contributed by atoms with Gasteiger partial charge in [-0.3, -0.25) is 5.41 Å². The second-order valence-electron chi connectivity index (χ2n) is 5.09. The molecule has 2 aromatic rings. The number of nitrogens with one attached hydrogen (secondary N) is 1. The Balaban J connectivity index is 2.30. The zero-order valence-electron chi connectivity index (χ0n) is 11.1. The molecule has 3 heteroatoms. The lowest BCUT2D eigenvalue weighted by molar-refractivity contribution is 0.380. The van der Waals surface area contributed by atoms with Crippen molar-refractivity contribution in [3.8, 4) is 11.8 Å². The summed E-state index contributed by atoms with van der Waals surface area (Å²) in [5.74, 6) is 0.0488. The van der Waals surface area contributed by atoms with Crippen LogP contribution in [-0.2, 0) is 5.41 Å². The number of benzene rings is 2. The number of ether oxygens (including phenoxy) is 1. The molecule has 0 spiro atoms. The topological polar surface area (TPSA) is 56.9 Å². The fourth-order valence-corrected chi connectivity index (χ4v) is 2.87. The van der Waals surface area contributed by atoms with Crippen molar-refractivity contribution in [1.82, 2.24) is 0 Å². The molecule has 98 valence electrons. The van der Waals surface area contributed by atoms with Crippen molar-refractivity contribution in [2.24, 2.45) is 5.92 Å². The molecular formula is C17H14N2O. The van der Waals surface area contributed by atoms with Crippen LogP contribution in [0.5, 0.6) is 5.75 Å². The normalized spacial score (nSPS) is 24.4. The summed E-state index contributed by atoms with van der Waals surface area (Å²) in [5, 5.41) is 17.6. The molecule has 0 radical (unpaired) electrons. The first-order valence-corrected chi connectivity index (χ1v) is 6.49. The second kappa shape index (κ2) is 4.50. The Morgan fingerprint density at radius 1 is 1.10 bits per heavy atom. The monoisotopic (exact) mass is 262 g/mol. The Kier molecular flexibility index (Phi) is 2.80. The first kappa shape index (κ1) is 12.4. The summed E-state index contributed by atoms with van der Waals surface area (Å²) in [6.45, 7) is 2.01. The van der Waals surface area contributed by atoms with E-state index in [0.29, 0.717) is 5.75 Å². The van der Waals surface area contributed by atoms with E-state index in [1.165, 1.54) is 0 Å². The minimum Gasteiger partial charge on any atom is -0.442 e. The Morgan fingerprint density at radius 2 is 1.75 bits per heavy atom. The molecule has 2 atom stereocenters. The number of rotatable bonds is 1. The van der Waals surface area contributed by atoms with Crippen LogP contribution in [0.4, 0.5) is 0 Å². The first-order chi connectivity index (χ1) is 9.67. The molecule has 2 unspecified atom stereocenters. The third kappa shape index (κ3) is 1.62. The third-order valence-corrected chi connectivity index (χ3v) is 4.01. The minimum atomic E-state index is -0.625. The number of hydrogen-bond donors (Lipinski definition) is 1. The fraction of sp³-hybridized carbons (Fsp3) is 0.176. The van der Waals surface area contributed by atoms with Gasteiger partial charge in [-0.2, -0.15) is 5.26 Å². The standard InChI is InChI=1S/C17H14N2O/c1-17(12-7-3-2-4-8-12)13-9-5-6-10-15(13)20-16(19)14(17)11-18/h2-10,14,19H,1H3. The zero-order chi connectivity index (χ0) is 14.2. The molecule has 0 aromatic heterocycles. The van der Waals surface area contributed by atoms with Crippen molar-refractivity contribution in [3.63, 3.8) is 0 Å². The maximum Gasteiger partial charge on any atom is 0.206 e. The minimum absolute atomic E-state index is 0.0116. The summed E-state index contributed by atoms with van der Waals surface area (Å²) in [7, 11) is 0. The molecular weight excluding hydrogens is 248 g/mol. The van der Waals surface area contributed by atoms with E-state index in [-0.39, 0.29) is 5.90 Å². The molecule has 0 fully saturated rings. The molecule has 20 heavy (non-hydrogen) atoms. The van der Waals surface area contributed by atoms with E-state index < -0.39 is 11.3 Å². The van der Waals surface area contributed by atoms with Crippen LogP contribution in [0.25, 0.3) is 0 Å². The van der Waals surface area contributed by atoms with Gasteiger partial charge >= 0.3 is 0 Å². The van der Waals surface area contributed by atoms with Gasteiger partial charge in [0.1, 0.15) is 11.7 Å². The first-order valence-electron chi connectivity index (χ1n) is 6.49. The molecule has 1 aliphatic rings. The van der Waals surface area contributed by atoms with Gasteiger partial charge in [-0.1, -0.05) is 48.5 Å². The lowest BCUT2D eigenvalue weighted by Gasteiger charge is -2.39. The van der Waals surface area contributed by atoms with Crippen molar-refractivity contribution >= 4 is 5.90 Å². The van der Waals surface area contributed by atoms with Gasteiger partial charge in [-0.25, -0.2) is 0 Å². The van der Waals surface area contributed by atoms with E-state index in [4.69, 9.17) is 10.1 Å². The Hall–Kier alpha value is -2.60. The van der Waals surface area contributed by atoms with Crippen LogP contribution < -0.4 is 4.74 Å². The Bertz CT molecular complexity index is 702. The van der Waals surface area contributed by atoms with E-state index in [1.807, 2.05) is 61.5 Å². The number of para-hydroxylation sites is 1.